The van der Waals surface area contributed by atoms with Gasteiger partial charge in [-0.25, -0.2) is 9.59 Å². The van der Waals surface area contributed by atoms with Gasteiger partial charge in [-0.3, -0.25) is 0 Å². The van der Waals surface area contributed by atoms with Gasteiger partial charge >= 0.3 is 11.9 Å². The van der Waals surface area contributed by atoms with Crippen LogP contribution in [0.5, 0.6) is 0 Å². The van der Waals surface area contributed by atoms with E-state index in [0.29, 0.717) is 6.42 Å². The van der Waals surface area contributed by atoms with E-state index in [0.717, 1.165) is 25.3 Å². The molecule has 0 saturated carbocycles. The zero-order chi connectivity index (χ0) is 16.8. The molecule has 0 aromatic carbocycles. The van der Waals surface area contributed by atoms with Crippen LogP contribution >= 0.6 is 0 Å². The molecule has 0 aliphatic rings. The highest BCUT2D eigenvalue weighted by molar-refractivity contribution is 5.94. The Morgan fingerprint density at radius 2 is 1.64 bits per heavy atom. The Labute approximate surface area is 130 Å². The quantitative estimate of drug-likeness (QED) is 0.239. The summed E-state index contributed by atoms with van der Waals surface area (Å²) in [5.41, 5.74) is 0. The molecule has 0 fully saturated rings. The third-order valence-corrected chi connectivity index (χ3v) is 2.57. The first-order valence-electron chi connectivity index (χ1n) is 7.52. The molecule has 128 valence electrons. The SMILES string of the molecule is CCCCOC(=O)/C=C(\OCC(O)CO)C(=O)OCCCC. The summed E-state index contributed by atoms with van der Waals surface area (Å²) >= 11 is 0. The van der Waals surface area contributed by atoms with Crippen LogP contribution in [-0.4, -0.2) is 54.7 Å². The van der Waals surface area contributed by atoms with E-state index >= 15 is 0 Å². The zero-order valence-electron chi connectivity index (χ0n) is 13.2. The lowest BCUT2D eigenvalue weighted by Gasteiger charge is -2.12. The zero-order valence-corrected chi connectivity index (χ0v) is 13.2. The van der Waals surface area contributed by atoms with Gasteiger partial charge in [0, 0.05) is 0 Å². The molecule has 0 aliphatic carbocycles. The van der Waals surface area contributed by atoms with Gasteiger partial charge in [0.25, 0.3) is 0 Å². The topological polar surface area (TPSA) is 102 Å². The maximum absolute atomic E-state index is 11.8. The maximum atomic E-state index is 11.8. The van der Waals surface area contributed by atoms with Crippen molar-refractivity contribution in [2.24, 2.45) is 0 Å². The van der Waals surface area contributed by atoms with Crippen molar-refractivity contribution < 1.29 is 34.0 Å². The van der Waals surface area contributed by atoms with E-state index in [1.54, 1.807) is 0 Å². The van der Waals surface area contributed by atoms with E-state index in [-0.39, 0.29) is 25.6 Å². The summed E-state index contributed by atoms with van der Waals surface area (Å²) < 4.78 is 14.9. The minimum atomic E-state index is -1.15. The number of ether oxygens (including phenoxy) is 3. The number of rotatable bonds is 12. The monoisotopic (exact) mass is 318 g/mol. The molecule has 0 bridgehead atoms. The fourth-order valence-electron chi connectivity index (χ4n) is 1.24. The predicted octanol–water partition coefficient (Wildman–Crippen LogP) is 0.927. The molecule has 0 spiro atoms. The van der Waals surface area contributed by atoms with Gasteiger partial charge in [-0.2, -0.15) is 0 Å². The standard InChI is InChI=1S/C15H26O7/c1-3-5-7-20-14(18)9-13(22-11-12(17)10-16)15(19)21-8-6-4-2/h9,12,16-17H,3-8,10-11H2,1-2H3/b13-9-. The van der Waals surface area contributed by atoms with Crippen LogP contribution in [0.3, 0.4) is 0 Å². The molecule has 0 aliphatic heterocycles. The van der Waals surface area contributed by atoms with Crippen molar-refractivity contribution in [2.75, 3.05) is 26.4 Å². The second-order valence-corrected chi connectivity index (χ2v) is 4.67. The number of hydrogen-bond donors (Lipinski definition) is 2. The fourth-order valence-corrected chi connectivity index (χ4v) is 1.24. The predicted molar refractivity (Wildman–Crippen MR) is 78.9 cm³/mol. The summed E-state index contributed by atoms with van der Waals surface area (Å²) in [6.45, 7) is 3.53. The fraction of sp³-hybridized carbons (Fsp3) is 0.733. The molecule has 2 N–H and O–H groups in total. The van der Waals surface area contributed by atoms with Crippen molar-refractivity contribution in [3.63, 3.8) is 0 Å². The van der Waals surface area contributed by atoms with Crippen molar-refractivity contribution >= 4 is 11.9 Å². The first-order chi connectivity index (χ1) is 10.5. The highest BCUT2D eigenvalue weighted by atomic mass is 16.6. The third kappa shape index (κ3) is 10.2. The van der Waals surface area contributed by atoms with Crippen LogP contribution in [0.25, 0.3) is 0 Å². The molecule has 7 heteroatoms. The average Bonchev–Trinajstić information content (AvgIpc) is 2.51. The molecule has 0 rings (SSSR count). The number of aliphatic hydroxyl groups excluding tert-OH is 2. The molecule has 0 radical (unpaired) electrons. The van der Waals surface area contributed by atoms with Gasteiger partial charge < -0.3 is 24.4 Å². The van der Waals surface area contributed by atoms with Crippen molar-refractivity contribution in [2.45, 2.75) is 45.6 Å². The maximum Gasteiger partial charge on any atom is 0.373 e. The summed E-state index contributed by atoms with van der Waals surface area (Å²) in [4.78, 5) is 23.4. The number of esters is 2. The molecular weight excluding hydrogens is 292 g/mol. The van der Waals surface area contributed by atoms with Crippen LogP contribution in [-0.2, 0) is 23.8 Å². The summed E-state index contributed by atoms with van der Waals surface area (Å²) in [7, 11) is 0. The van der Waals surface area contributed by atoms with Crippen LogP contribution in [0, 0.1) is 0 Å². The second-order valence-electron chi connectivity index (χ2n) is 4.67. The average molecular weight is 318 g/mol. The van der Waals surface area contributed by atoms with Gasteiger partial charge in [-0.15, -0.1) is 0 Å². The van der Waals surface area contributed by atoms with Crippen molar-refractivity contribution in [3.8, 4) is 0 Å². The Morgan fingerprint density at radius 1 is 1.05 bits per heavy atom. The van der Waals surface area contributed by atoms with Crippen LogP contribution in [0.15, 0.2) is 11.8 Å². The van der Waals surface area contributed by atoms with Crippen LogP contribution in [0.4, 0.5) is 0 Å². The van der Waals surface area contributed by atoms with Gasteiger partial charge in [-0.05, 0) is 12.8 Å². The highest BCUT2D eigenvalue weighted by Gasteiger charge is 2.17. The third-order valence-electron chi connectivity index (χ3n) is 2.57. The minimum absolute atomic E-state index is 0.212. The van der Waals surface area contributed by atoms with E-state index in [2.05, 4.69) is 0 Å². The van der Waals surface area contributed by atoms with E-state index in [1.165, 1.54) is 0 Å². The smallest absolute Gasteiger partial charge is 0.373 e. The van der Waals surface area contributed by atoms with Crippen molar-refractivity contribution in [3.05, 3.63) is 11.8 Å². The lowest BCUT2D eigenvalue weighted by Crippen LogP contribution is -2.22. The van der Waals surface area contributed by atoms with E-state index in [9.17, 15) is 14.7 Å². The lowest BCUT2D eigenvalue weighted by molar-refractivity contribution is -0.145. The highest BCUT2D eigenvalue weighted by Crippen LogP contribution is 2.05. The summed E-state index contributed by atoms with van der Waals surface area (Å²) in [5, 5.41) is 18.0. The van der Waals surface area contributed by atoms with E-state index in [4.69, 9.17) is 19.3 Å². The Hall–Kier alpha value is -1.60. The largest absolute Gasteiger partial charge is 0.484 e. The Kier molecular flexibility index (Phi) is 12.1. The number of hydrogen-bond acceptors (Lipinski definition) is 7. The first kappa shape index (κ1) is 20.4. The molecule has 0 amide bonds. The van der Waals surface area contributed by atoms with Crippen LogP contribution in [0.1, 0.15) is 39.5 Å². The van der Waals surface area contributed by atoms with Gasteiger partial charge in [0.05, 0.1) is 25.9 Å². The summed E-state index contributed by atoms with van der Waals surface area (Å²) in [6.07, 6.45) is 2.90. The molecule has 1 atom stereocenters. The van der Waals surface area contributed by atoms with Gasteiger partial charge in [0.2, 0.25) is 5.76 Å². The number of unbranched alkanes of at least 4 members (excludes halogenated alkanes) is 2. The van der Waals surface area contributed by atoms with Crippen molar-refractivity contribution in [1.82, 2.24) is 0 Å². The van der Waals surface area contributed by atoms with Gasteiger partial charge in [-0.1, -0.05) is 26.7 Å². The summed E-state index contributed by atoms with van der Waals surface area (Å²) in [6, 6.07) is 0. The van der Waals surface area contributed by atoms with E-state index < -0.39 is 24.6 Å². The molecule has 1 unspecified atom stereocenters. The van der Waals surface area contributed by atoms with Crippen LogP contribution < -0.4 is 0 Å². The molecule has 0 heterocycles. The molecule has 7 nitrogen and oxygen atoms in total. The van der Waals surface area contributed by atoms with E-state index in [1.807, 2.05) is 13.8 Å². The Morgan fingerprint density at radius 3 is 2.18 bits per heavy atom. The number of carbonyl (C=O) groups excluding carboxylic acids is 2. The normalized spacial score (nSPS) is 12.6. The second kappa shape index (κ2) is 13.1. The molecular formula is C15H26O7. The Balaban J connectivity index is 4.60. The summed E-state index contributed by atoms with van der Waals surface area (Å²) in [5.74, 6) is -1.86. The van der Waals surface area contributed by atoms with Crippen molar-refractivity contribution in [1.29, 1.82) is 0 Å². The number of carbonyl (C=O) groups is 2. The van der Waals surface area contributed by atoms with Gasteiger partial charge in [0.15, 0.2) is 0 Å². The minimum Gasteiger partial charge on any atom is -0.484 e. The van der Waals surface area contributed by atoms with Gasteiger partial charge in [0.1, 0.15) is 12.7 Å². The number of aliphatic hydroxyl groups is 2. The van der Waals surface area contributed by atoms with Crippen LogP contribution in [0.2, 0.25) is 0 Å². The first-order valence-corrected chi connectivity index (χ1v) is 7.52. The molecule has 22 heavy (non-hydrogen) atoms. The molecule has 0 aromatic heterocycles. The lowest BCUT2D eigenvalue weighted by atomic mass is 10.3. The molecule has 0 saturated heterocycles. The molecule has 0 aromatic rings. The Bertz CT molecular complexity index is 352.